The van der Waals surface area contributed by atoms with Crippen molar-refractivity contribution >= 4 is 11.9 Å². The lowest BCUT2D eigenvalue weighted by Crippen LogP contribution is -2.64. The van der Waals surface area contributed by atoms with Gasteiger partial charge >= 0.3 is 23.3 Å². The Labute approximate surface area is 94.1 Å². The summed E-state index contributed by atoms with van der Waals surface area (Å²) < 4.78 is 104. The minimum absolute atomic E-state index is 0.106. The molecule has 104 valence electrons. The van der Waals surface area contributed by atoms with Crippen molar-refractivity contribution in [2.75, 3.05) is 14.1 Å². The third kappa shape index (κ3) is 2.92. The van der Waals surface area contributed by atoms with Crippen LogP contribution >= 0.6 is 11.9 Å². The lowest BCUT2D eigenvalue weighted by molar-refractivity contribution is -0.345. The molecule has 17 heavy (non-hydrogen) atoms. The SMILES string of the molecule is CN(C)SC(C(F)(F)F)(C(F)(F)F)C(F)(F)F. The van der Waals surface area contributed by atoms with Crippen LogP contribution in [0.4, 0.5) is 39.5 Å². The number of hydrogen-bond acceptors (Lipinski definition) is 2. The first kappa shape index (κ1) is 16.7. The fraction of sp³-hybridized carbons (Fsp3) is 1.00. The highest BCUT2D eigenvalue weighted by atomic mass is 32.2. The lowest BCUT2D eigenvalue weighted by Gasteiger charge is -2.38. The topological polar surface area (TPSA) is 3.24 Å². The van der Waals surface area contributed by atoms with Gasteiger partial charge in [-0.2, -0.15) is 39.5 Å². The van der Waals surface area contributed by atoms with Crippen molar-refractivity contribution in [1.29, 1.82) is 0 Å². The summed E-state index contributed by atoms with van der Waals surface area (Å²) in [5, 5.41) is 0. The van der Waals surface area contributed by atoms with Crippen LogP contribution in [0.25, 0.3) is 0 Å². The fourth-order valence-corrected chi connectivity index (χ4v) is 1.77. The second kappa shape index (κ2) is 4.41. The summed E-state index contributed by atoms with van der Waals surface area (Å²) in [6.45, 7) is 0. The third-order valence-electron chi connectivity index (χ3n) is 1.52. The summed E-state index contributed by atoms with van der Waals surface area (Å²) in [6, 6.07) is 0. The lowest BCUT2D eigenvalue weighted by atomic mass is 10.1. The minimum Gasteiger partial charge on any atom is -0.255 e. The van der Waals surface area contributed by atoms with E-state index < -0.39 is 35.2 Å². The van der Waals surface area contributed by atoms with E-state index >= 15 is 0 Å². The molecule has 0 aliphatic rings. The Morgan fingerprint density at radius 1 is 0.647 bits per heavy atom. The minimum atomic E-state index is -6.52. The second-order valence-corrected chi connectivity index (χ2v) is 4.60. The first-order chi connectivity index (χ1) is 7.17. The van der Waals surface area contributed by atoms with Crippen molar-refractivity contribution in [3.63, 3.8) is 0 Å². The molecule has 1 nitrogen and oxygen atoms in total. The summed E-state index contributed by atoms with van der Waals surface area (Å²) in [5.74, 6) is 0. The smallest absolute Gasteiger partial charge is 0.255 e. The van der Waals surface area contributed by atoms with Crippen LogP contribution in [0.3, 0.4) is 0 Å². The molecule has 0 saturated carbocycles. The van der Waals surface area contributed by atoms with E-state index in [-0.39, 0.29) is 4.31 Å². The van der Waals surface area contributed by atoms with Crippen molar-refractivity contribution < 1.29 is 39.5 Å². The highest BCUT2D eigenvalue weighted by Gasteiger charge is 2.84. The predicted molar refractivity (Wildman–Crippen MR) is 42.2 cm³/mol. The molecule has 0 unspecified atom stereocenters. The monoisotopic (exact) mass is 295 g/mol. The molecule has 0 fully saturated rings. The Bertz CT molecular complexity index is 226. The van der Waals surface area contributed by atoms with Gasteiger partial charge in [0.2, 0.25) is 0 Å². The summed E-state index contributed by atoms with van der Waals surface area (Å²) >= 11 is -1.37. The zero-order chi connectivity index (χ0) is 14.3. The number of alkyl halides is 9. The molecule has 0 saturated heterocycles. The van der Waals surface area contributed by atoms with Crippen molar-refractivity contribution in [1.82, 2.24) is 4.31 Å². The van der Waals surface area contributed by atoms with Gasteiger partial charge in [-0.15, -0.1) is 0 Å². The van der Waals surface area contributed by atoms with Gasteiger partial charge in [-0.05, 0) is 26.0 Å². The maximum absolute atomic E-state index is 12.2. The molecule has 0 amide bonds. The standard InChI is InChI=1S/C6H6F9NS/c1-16(2)17-3(4(7,8)9,5(10,11)12)6(13,14)15/h1-2H3. The molecule has 0 heterocycles. The van der Waals surface area contributed by atoms with E-state index in [0.29, 0.717) is 14.1 Å². The zero-order valence-corrected chi connectivity index (χ0v) is 9.07. The number of hydrogen-bond donors (Lipinski definition) is 0. The summed E-state index contributed by atoms with van der Waals surface area (Å²) in [5.41, 5.74) is 0. The Hall–Kier alpha value is -0.320. The zero-order valence-electron chi connectivity index (χ0n) is 8.26. The van der Waals surface area contributed by atoms with Crippen molar-refractivity contribution in [2.24, 2.45) is 0 Å². The molecule has 11 heteroatoms. The van der Waals surface area contributed by atoms with Gasteiger partial charge in [0.05, 0.1) is 0 Å². The Balaban J connectivity index is 5.93. The van der Waals surface area contributed by atoms with Gasteiger partial charge in [0.25, 0.3) is 0 Å². The van der Waals surface area contributed by atoms with Gasteiger partial charge in [0.15, 0.2) is 0 Å². The van der Waals surface area contributed by atoms with Gasteiger partial charge in [-0.3, -0.25) is 4.31 Å². The van der Waals surface area contributed by atoms with Gasteiger partial charge in [0, 0.05) is 0 Å². The number of rotatable bonds is 2. The molecular weight excluding hydrogens is 289 g/mol. The molecule has 0 radical (unpaired) electrons. The summed E-state index contributed by atoms with van der Waals surface area (Å²) in [4.78, 5) is 0. The summed E-state index contributed by atoms with van der Waals surface area (Å²) in [7, 11) is 1.31. The molecule has 0 aliphatic heterocycles. The fourth-order valence-electron chi connectivity index (χ4n) is 0.911. The van der Waals surface area contributed by atoms with E-state index in [4.69, 9.17) is 0 Å². The molecule has 0 rings (SSSR count). The van der Waals surface area contributed by atoms with Gasteiger partial charge in [0.1, 0.15) is 0 Å². The van der Waals surface area contributed by atoms with Crippen LogP contribution in [0, 0.1) is 0 Å². The van der Waals surface area contributed by atoms with E-state index in [1.54, 1.807) is 0 Å². The first-order valence-corrected chi connectivity index (χ1v) is 4.51. The third-order valence-corrected chi connectivity index (χ3v) is 2.85. The van der Waals surface area contributed by atoms with Gasteiger partial charge in [-0.1, -0.05) is 0 Å². The predicted octanol–water partition coefficient (Wildman–Crippen LogP) is 3.62. The van der Waals surface area contributed by atoms with Crippen LogP contribution in [-0.4, -0.2) is 41.7 Å². The molecular formula is C6H6F9NS. The molecule has 0 aliphatic carbocycles. The Kier molecular flexibility index (Phi) is 4.33. The summed E-state index contributed by atoms with van der Waals surface area (Å²) in [6.07, 6.45) is -19.5. The van der Waals surface area contributed by atoms with Crippen molar-refractivity contribution in [3.05, 3.63) is 0 Å². The van der Waals surface area contributed by atoms with E-state index in [1.165, 1.54) is 0 Å². The number of nitrogens with zero attached hydrogens (tertiary/aromatic N) is 1. The van der Waals surface area contributed by atoms with Crippen LogP contribution in [-0.2, 0) is 0 Å². The largest absolute Gasteiger partial charge is 0.422 e. The van der Waals surface area contributed by atoms with Crippen LogP contribution in [0.1, 0.15) is 0 Å². The van der Waals surface area contributed by atoms with Gasteiger partial charge < -0.3 is 0 Å². The van der Waals surface area contributed by atoms with Crippen LogP contribution in [0.5, 0.6) is 0 Å². The Morgan fingerprint density at radius 3 is 0.941 bits per heavy atom. The molecule has 0 aromatic rings. The van der Waals surface area contributed by atoms with Crippen LogP contribution in [0.2, 0.25) is 0 Å². The van der Waals surface area contributed by atoms with E-state index in [9.17, 15) is 39.5 Å². The quantitative estimate of drug-likeness (QED) is 0.565. The van der Waals surface area contributed by atoms with Crippen molar-refractivity contribution in [2.45, 2.75) is 23.3 Å². The maximum atomic E-state index is 12.2. The average Bonchev–Trinajstić information content (AvgIpc) is 1.91. The maximum Gasteiger partial charge on any atom is 0.422 e. The van der Waals surface area contributed by atoms with Crippen LogP contribution < -0.4 is 0 Å². The highest BCUT2D eigenvalue weighted by molar-refractivity contribution is 7.98. The Morgan fingerprint density at radius 2 is 0.882 bits per heavy atom. The first-order valence-electron chi connectivity index (χ1n) is 3.73. The molecule has 0 N–H and O–H groups in total. The molecule has 0 aromatic carbocycles. The molecule has 0 bridgehead atoms. The molecule has 0 spiro atoms. The second-order valence-electron chi connectivity index (χ2n) is 3.08. The van der Waals surface area contributed by atoms with Crippen LogP contribution in [0.15, 0.2) is 0 Å². The average molecular weight is 295 g/mol. The normalized spacial score (nSPS) is 15.5. The highest BCUT2D eigenvalue weighted by Crippen LogP contribution is 2.60. The number of halogens is 9. The van der Waals surface area contributed by atoms with Gasteiger partial charge in [-0.25, -0.2) is 0 Å². The van der Waals surface area contributed by atoms with Crippen molar-refractivity contribution in [3.8, 4) is 0 Å². The van der Waals surface area contributed by atoms with E-state index in [0.717, 1.165) is 0 Å². The molecule has 0 atom stereocenters. The molecule has 0 aromatic heterocycles. The van der Waals surface area contributed by atoms with E-state index in [2.05, 4.69) is 0 Å². The van der Waals surface area contributed by atoms with E-state index in [1.807, 2.05) is 0 Å².